The van der Waals surface area contributed by atoms with Crippen LogP contribution >= 0.6 is 11.3 Å². The highest BCUT2D eigenvalue weighted by Crippen LogP contribution is 2.33. The maximum atomic E-state index is 12.7. The van der Waals surface area contributed by atoms with Crippen molar-refractivity contribution >= 4 is 21.6 Å². The van der Waals surface area contributed by atoms with Crippen molar-refractivity contribution in [2.45, 2.75) is 45.7 Å². The number of H-pyrrole nitrogens is 1. The van der Waals surface area contributed by atoms with Crippen LogP contribution in [0.3, 0.4) is 0 Å². The first-order valence-corrected chi connectivity index (χ1v) is 11.0. The van der Waals surface area contributed by atoms with Crippen LogP contribution in [0, 0.1) is 0 Å². The largest absolute Gasteiger partial charge is 0.493 e. The molecule has 0 saturated carbocycles. The highest BCUT2D eigenvalue weighted by Gasteiger charge is 2.20. The Hall–Kier alpha value is -2.38. The Morgan fingerprint density at radius 1 is 1.21 bits per heavy atom. The van der Waals surface area contributed by atoms with Crippen molar-refractivity contribution in [1.82, 2.24) is 9.97 Å². The Morgan fingerprint density at radius 2 is 2.03 bits per heavy atom. The molecule has 0 saturated heterocycles. The number of benzene rings is 1. The summed E-state index contributed by atoms with van der Waals surface area (Å²) >= 11 is 1.70. The van der Waals surface area contributed by atoms with Gasteiger partial charge in [-0.3, -0.25) is 4.79 Å². The van der Waals surface area contributed by atoms with Gasteiger partial charge < -0.3 is 19.4 Å². The van der Waals surface area contributed by atoms with Gasteiger partial charge in [0.1, 0.15) is 17.9 Å². The molecule has 154 valence electrons. The predicted molar refractivity (Wildman–Crippen MR) is 115 cm³/mol. The van der Waals surface area contributed by atoms with E-state index >= 15 is 0 Å². The number of nitrogens with one attached hydrogen (secondary N) is 2. The Labute approximate surface area is 174 Å². The molecule has 1 unspecified atom stereocenters. The van der Waals surface area contributed by atoms with Crippen LogP contribution in [0.2, 0.25) is 0 Å². The van der Waals surface area contributed by atoms with Gasteiger partial charge in [0, 0.05) is 10.4 Å². The second-order valence-electron chi connectivity index (χ2n) is 7.63. The zero-order chi connectivity index (χ0) is 20.4. The third-order valence-electron chi connectivity index (χ3n) is 5.38. The summed E-state index contributed by atoms with van der Waals surface area (Å²) in [5.74, 6) is 2.25. The van der Waals surface area contributed by atoms with Gasteiger partial charge in [0.15, 0.2) is 17.3 Å². The van der Waals surface area contributed by atoms with E-state index < -0.39 is 0 Å². The van der Waals surface area contributed by atoms with Crippen LogP contribution in [0.5, 0.6) is 11.5 Å². The molecule has 6 nitrogen and oxygen atoms in total. The SMILES string of the molecule is CCOc1ccc(C[NH+](C)Cc2nc3sc4c(c3c(=O)[nH]2)CCCC4)cc1OC. The molecule has 2 aromatic heterocycles. The molecule has 7 heteroatoms. The molecular formula is C22H28N3O3S+. The number of rotatable bonds is 7. The van der Waals surface area contributed by atoms with Crippen molar-refractivity contribution in [1.29, 1.82) is 0 Å². The van der Waals surface area contributed by atoms with E-state index in [1.807, 2.05) is 19.1 Å². The van der Waals surface area contributed by atoms with Gasteiger partial charge in [-0.05, 0) is 56.4 Å². The smallest absolute Gasteiger partial charge is 0.260 e. The van der Waals surface area contributed by atoms with Crippen LogP contribution in [-0.4, -0.2) is 30.7 Å². The van der Waals surface area contributed by atoms with Crippen molar-refractivity contribution in [2.24, 2.45) is 0 Å². The fourth-order valence-electron chi connectivity index (χ4n) is 4.09. The molecule has 4 rings (SSSR count). The number of aromatic amines is 1. The first-order chi connectivity index (χ1) is 14.1. The molecular weight excluding hydrogens is 386 g/mol. The molecule has 2 N–H and O–H groups in total. The minimum absolute atomic E-state index is 0.0138. The molecule has 29 heavy (non-hydrogen) atoms. The first kappa shape index (κ1) is 19.9. The highest BCUT2D eigenvalue weighted by molar-refractivity contribution is 7.18. The lowest BCUT2D eigenvalue weighted by Gasteiger charge is -2.15. The summed E-state index contributed by atoms with van der Waals surface area (Å²) in [4.78, 5) is 24.0. The Balaban J connectivity index is 1.52. The Bertz CT molecular complexity index is 1070. The summed E-state index contributed by atoms with van der Waals surface area (Å²) in [7, 11) is 3.76. The topological polar surface area (TPSA) is 68.7 Å². The van der Waals surface area contributed by atoms with Gasteiger partial charge in [-0.2, -0.15) is 0 Å². The summed E-state index contributed by atoms with van der Waals surface area (Å²) < 4.78 is 11.0. The van der Waals surface area contributed by atoms with Crippen molar-refractivity contribution in [2.75, 3.05) is 20.8 Å². The number of hydrogen-bond acceptors (Lipinski definition) is 5. The van der Waals surface area contributed by atoms with E-state index in [4.69, 9.17) is 14.5 Å². The molecule has 1 atom stereocenters. The van der Waals surface area contributed by atoms with Gasteiger partial charge in [0.25, 0.3) is 5.56 Å². The fraction of sp³-hybridized carbons (Fsp3) is 0.455. The van der Waals surface area contributed by atoms with Crippen molar-refractivity contribution in [3.05, 3.63) is 50.4 Å². The van der Waals surface area contributed by atoms with Gasteiger partial charge in [-0.15, -0.1) is 11.3 Å². The number of fused-ring (bicyclic) bond motifs is 3. The van der Waals surface area contributed by atoms with Gasteiger partial charge in [0.05, 0.1) is 26.2 Å². The van der Waals surface area contributed by atoms with Crippen LogP contribution in [0.15, 0.2) is 23.0 Å². The van der Waals surface area contributed by atoms with Gasteiger partial charge in [-0.25, -0.2) is 4.98 Å². The van der Waals surface area contributed by atoms with Gasteiger partial charge >= 0.3 is 0 Å². The van der Waals surface area contributed by atoms with Crippen molar-refractivity contribution in [3.63, 3.8) is 0 Å². The van der Waals surface area contributed by atoms with E-state index in [1.165, 1.54) is 28.2 Å². The molecule has 1 aliphatic carbocycles. The molecule has 0 radical (unpaired) electrons. The number of thiophene rings is 1. The number of quaternary nitrogens is 1. The Morgan fingerprint density at radius 3 is 2.83 bits per heavy atom. The van der Waals surface area contributed by atoms with E-state index in [0.29, 0.717) is 13.2 Å². The maximum Gasteiger partial charge on any atom is 0.260 e. The zero-order valence-electron chi connectivity index (χ0n) is 17.3. The lowest BCUT2D eigenvalue weighted by molar-refractivity contribution is -0.908. The van der Waals surface area contributed by atoms with Crippen LogP contribution in [0.1, 0.15) is 41.6 Å². The Kier molecular flexibility index (Phi) is 5.87. The third kappa shape index (κ3) is 4.16. The minimum atomic E-state index is 0.0138. The lowest BCUT2D eigenvalue weighted by atomic mass is 9.97. The van der Waals surface area contributed by atoms with Gasteiger partial charge in [-0.1, -0.05) is 0 Å². The molecule has 0 amide bonds. The molecule has 0 bridgehead atoms. The summed E-state index contributed by atoms with van der Waals surface area (Å²) in [6.45, 7) is 4.02. The maximum absolute atomic E-state index is 12.7. The van der Waals surface area contributed by atoms with Crippen LogP contribution < -0.4 is 19.9 Å². The fourth-order valence-corrected chi connectivity index (χ4v) is 5.37. The number of hydrogen-bond donors (Lipinski definition) is 2. The van der Waals surface area contributed by atoms with Crippen LogP contribution in [-0.2, 0) is 25.9 Å². The third-order valence-corrected chi connectivity index (χ3v) is 6.56. The van der Waals surface area contributed by atoms with E-state index in [9.17, 15) is 4.79 Å². The zero-order valence-corrected chi connectivity index (χ0v) is 18.1. The lowest BCUT2D eigenvalue weighted by Crippen LogP contribution is -3.06. The molecule has 1 aromatic carbocycles. The summed E-state index contributed by atoms with van der Waals surface area (Å²) in [5, 5.41) is 0.822. The highest BCUT2D eigenvalue weighted by atomic mass is 32.1. The standard InChI is InChI=1S/C22H27N3O3S/c1-4-28-16-10-9-14(11-17(16)27-3)12-25(2)13-19-23-21(26)20-15-7-5-6-8-18(15)29-22(20)24-19/h9-11H,4-8,12-13H2,1-3H3,(H,23,24,26)/p+1. The summed E-state index contributed by atoms with van der Waals surface area (Å²) in [5.41, 5.74) is 2.40. The normalized spacial score (nSPS) is 14.6. The van der Waals surface area contributed by atoms with Crippen molar-refractivity contribution < 1.29 is 14.4 Å². The number of aryl methyl sites for hydroxylation is 2. The molecule has 1 aliphatic rings. The first-order valence-electron chi connectivity index (χ1n) is 10.2. The molecule has 2 heterocycles. The van der Waals surface area contributed by atoms with Crippen LogP contribution in [0.25, 0.3) is 10.2 Å². The second kappa shape index (κ2) is 8.55. The molecule has 0 aliphatic heterocycles. The quantitative estimate of drug-likeness (QED) is 0.623. The van der Waals surface area contributed by atoms with E-state index in [2.05, 4.69) is 18.1 Å². The van der Waals surface area contributed by atoms with E-state index in [1.54, 1.807) is 18.4 Å². The molecule has 0 spiro atoms. The number of ether oxygens (including phenoxy) is 2. The number of aromatic nitrogens is 2. The van der Waals surface area contributed by atoms with E-state index in [0.717, 1.165) is 52.5 Å². The second-order valence-corrected chi connectivity index (χ2v) is 8.72. The average Bonchev–Trinajstić information content (AvgIpc) is 3.08. The van der Waals surface area contributed by atoms with E-state index in [-0.39, 0.29) is 5.56 Å². The summed E-state index contributed by atoms with van der Waals surface area (Å²) in [6.07, 6.45) is 4.46. The monoisotopic (exact) mass is 414 g/mol. The number of methoxy groups -OCH3 is 1. The minimum Gasteiger partial charge on any atom is -0.493 e. The molecule has 3 aromatic rings. The van der Waals surface area contributed by atoms with Crippen molar-refractivity contribution in [3.8, 4) is 11.5 Å². The number of nitrogens with zero attached hydrogens (tertiary/aromatic N) is 1. The predicted octanol–water partition coefficient (Wildman–Crippen LogP) is 2.49. The van der Waals surface area contributed by atoms with Crippen LogP contribution in [0.4, 0.5) is 0 Å². The molecule has 0 fully saturated rings. The average molecular weight is 415 g/mol. The summed E-state index contributed by atoms with van der Waals surface area (Å²) in [6, 6.07) is 6.03. The van der Waals surface area contributed by atoms with Gasteiger partial charge in [0.2, 0.25) is 0 Å².